The Hall–Kier alpha value is -3.79. The van der Waals surface area contributed by atoms with E-state index >= 15 is 4.39 Å². The summed E-state index contributed by atoms with van der Waals surface area (Å²) in [6, 6.07) is 9.42. The van der Waals surface area contributed by atoms with Crippen LogP contribution >= 0.6 is 0 Å². The van der Waals surface area contributed by atoms with Crippen molar-refractivity contribution in [3.63, 3.8) is 0 Å². The van der Waals surface area contributed by atoms with E-state index < -0.39 is 5.95 Å². The van der Waals surface area contributed by atoms with Crippen LogP contribution in [0.5, 0.6) is 5.75 Å². The van der Waals surface area contributed by atoms with Crippen molar-refractivity contribution in [1.82, 2.24) is 14.9 Å². The van der Waals surface area contributed by atoms with Gasteiger partial charge in [0.15, 0.2) is 11.6 Å². The number of rotatable bonds is 6. The molecule has 3 aromatic rings. The highest BCUT2D eigenvalue weighted by molar-refractivity contribution is 5.74. The summed E-state index contributed by atoms with van der Waals surface area (Å²) in [6.07, 6.45) is 3.02. The molecule has 31 heavy (non-hydrogen) atoms. The number of nitrogens with one attached hydrogen (secondary N) is 1. The molecule has 160 valence electrons. The van der Waals surface area contributed by atoms with Gasteiger partial charge in [0.25, 0.3) is 5.88 Å². The van der Waals surface area contributed by atoms with Gasteiger partial charge in [0, 0.05) is 43.1 Å². The summed E-state index contributed by atoms with van der Waals surface area (Å²) in [5, 5.41) is 15.4. The number of nitroso groups, excluding NO2 is 1. The van der Waals surface area contributed by atoms with Crippen molar-refractivity contribution in [2.45, 2.75) is 0 Å². The van der Waals surface area contributed by atoms with Gasteiger partial charge in [-0.25, -0.2) is 4.98 Å². The molecule has 1 aromatic carbocycles. The molecular formula is C21H21FN6O3. The van der Waals surface area contributed by atoms with E-state index in [2.05, 4.69) is 25.4 Å². The Balaban J connectivity index is 1.68. The third-order valence-corrected chi connectivity index (χ3v) is 4.91. The lowest BCUT2D eigenvalue weighted by atomic mass is 10.2. The first-order valence-electron chi connectivity index (χ1n) is 9.70. The van der Waals surface area contributed by atoms with Gasteiger partial charge in [-0.05, 0) is 49.5 Å². The van der Waals surface area contributed by atoms with Crippen molar-refractivity contribution < 1.29 is 13.9 Å². The highest BCUT2D eigenvalue weighted by Gasteiger charge is 2.23. The molecular weight excluding hydrogens is 403 g/mol. The number of likely N-dealkylation sites (N-methyl/N-ethyl adjacent to an activating group) is 1. The van der Waals surface area contributed by atoms with Gasteiger partial charge in [0.1, 0.15) is 17.2 Å². The van der Waals surface area contributed by atoms with Gasteiger partial charge in [0.2, 0.25) is 5.95 Å². The minimum atomic E-state index is -0.643. The zero-order valence-electron chi connectivity index (χ0n) is 16.8. The van der Waals surface area contributed by atoms with Crippen LogP contribution in [0.4, 0.5) is 27.5 Å². The molecule has 4 rings (SSSR count). The molecule has 0 unspecified atom stereocenters. The van der Waals surface area contributed by atoms with Crippen molar-refractivity contribution in [1.29, 1.82) is 0 Å². The van der Waals surface area contributed by atoms with Gasteiger partial charge >= 0.3 is 0 Å². The van der Waals surface area contributed by atoms with Gasteiger partial charge in [-0.1, -0.05) is 0 Å². The molecule has 10 heteroatoms. The van der Waals surface area contributed by atoms with Crippen LogP contribution in [-0.4, -0.2) is 53.2 Å². The van der Waals surface area contributed by atoms with Gasteiger partial charge in [-0.15, -0.1) is 4.91 Å². The molecule has 9 nitrogen and oxygen atoms in total. The maximum atomic E-state index is 15.1. The van der Waals surface area contributed by atoms with Crippen LogP contribution in [0.25, 0.3) is 12.2 Å². The molecule has 1 aliphatic rings. The molecule has 3 heterocycles. The molecule has 1 saturated heterocycles. The van der Waals surface area contributed by atoms with E-state index in [1.165, 1.54) is 30.4 Å². The number of phenols is 1. The predicted molar refractivity (Wildman–Crippen MR) is 116 cm³/mol. The minimum absolute atomic E-state index is 0.0492. The third-order valence-electron chi connectivity index (χ3n) is 4.91. The van der Waals surface area contributed by atoms with Crippen molar-refractivity contribution in [3.8, 4) is 5.75 Å². The maximum Gasteiger partial charge on any atom is 0.260 e. The molecule has 0 bridgehead atoms. The Morgan fingerprint density at radius 1 is 1.10 bits per heavy atom. The van der Waals surface area contributed by atoms with Crippen molar-refractivity contribution in [2.24, 2.45) is 5.18 Å². The van der Waals surface area contributed by atoms with Crippen LogP contribution in [-0.2, 0) is 0 Å². The lowest BCUT2D eigenvalue weighted by Gasteiger charge is -2.34. The van der Waals surface area contributed by atoms with Crippen molar-refractivity contribution in [3.05, 3.63) is 58.8 Å². The quantitative estimate of drug-likeness (QED) is 0.348. The lowest BCUT2D eigenvalue weighted by Crippen LogP contribution is -2.45. The zero-order chi connectivity index (χ0) is 21.8. The molecule has 1 fully saturated rings. The van der Waals surface area contributed by atoms with E-state index in [9.17, 15) is 10.0 Å². The highest BCUT2D eigenvalue weighted by atomic mass is 19.1. The van der Waals surface area contributed by atoms with Crippen LogP contribution < -0.4 is 10.2 Å². The first kappa shape index (κ1) is 20.5. The highest BCUT2D eigenvalue weighted by Crippen LogP contribution is 2.31. The number of halogens is 1. The fourth-order valence-corrected chi connectivity index (χ4v) is 3.23. The largest absolute Gasteiger partial charge is 0.508 e. The van der Waals surface area contributed by atoms with Crippen molar-refractivity contribution in [2.75, 3.05) is 43.4 Å². The Morgan fingerprint density at radius 3 is 2.52 bits per heavy atom. The number of anilines is 3. The Bertz CT molecular complexity index is 1090. The molecule has 1 aliphatic heterocycles. The summed E-state index contributed by atoms with van der Waals surface area (Å²) in [7, 11) is 2.02. The van der Waals surface area contributed by atoms with Crippen LogP contribution in [0.2, 0.25) is 0 Å². The Morgan fingerprint density at radius 2 is 1.84 bits per heavy atom. The van der Waals surface area contributed by atoms with Gasteiger partial charge in [-0.2, -0.15) is 9.37 Å². The number of nitrogens with zero attached hydrogens (tertiary/aromatic N) is 5. The Kier molecular flexibility index (Phi) is 5.89. The number of aromatic hydroxyl groups is 1. The Labute approximate surface area is 177 Å². The summed E-state index contributed by atoms with van der Waals surface area (Å²) in [5.41, 5.74) is 0.942. The third kappa shape index (κ3) is 4.86. The number of aromatic nitrogens is 2. The maximum absolute atomic E-state index is 15.1. The topological polar surface area (TPSA) is 107 Å². The minimum Gasteiger partial charge on any atom is -0.508 e. The van der Waals surface area contributed by atoms with E-state index in [-0.39, 0.29) is 17.5 Å². The average molecular weight is 424 g/mol. The molecule has 2 N–H and O–H groups in total. The van der Waals surface area contributed by atoms with E-state index in [4.69, 9.17) is 4.42 Å². The van der Waals surface area contributed by atoms with E-state index in [1.54, 1.807) is 18.2 Å². The number of benzene rings is 1. The summed E-state index contributed by atoms with van der Waals surface area (Å²) in [5.74, 6) is 0.257. The second-order valence-electron chi connectivity index (χ2n) is 7.13. The van der Waals surface area contributed by atoms with E-state index in [0.29, 0.717) is 36.0 Å². The van der Waals surface area contributed by atoms with Crippen LogP contribution in [0.1, 0.15) is 11.6 Å². The fourth-order valence-electron chi connectivity index (χ4n) is 3.23. The summed E-state index contributed by atoms with van der Waals surface area (Å²) in [4.78, 5) is 23.1. The standard InChI is InChI=1S/C21H21FN6O3/c1-27-10-12-28(13-11-27)19-20(22)24-17(8-6-16-7-9-18(26-30)31-16)25-21(19)23-14-2-4-15(29)5-3-14/h2-9,29H,10-13H2,1H3,(H,23,24,25)/b8-6+. The monoisotopic (exact) mass is 424 g/mol. The summed E-state index contributed by atoms with van der Waals surface area (Å²) >= 11 is 0. The van der Waals surface area contributed by atoms with Gasteiger partial charge < -0.3 is 24.6 Å². The van der Waals surface area contributed by atoms with Crippen LogP contribution in [0.15, 0.2) is 46.0 Å². The lowest BCUT2D eigenvalue weighted by molar-refractivity contribution is 0.311. The number of hydrogen-bond donors (Lipinski definition) is 2. The number of furan rings is 1. The smallest absolute Gasteiger partial charge is 0.260 e. The summed E-state index contributed by atoms with van der Waals surface area (Å²) < 4.78 is 20.3. The second kappa shape index (κ2) is 8.92. The number of piperazine rings is 1. The summed E-state index contributed by atoms with van der Waals surface area (Å²) in [6.45, 7) is 2.88. The number of hydrogen-bond acceptors (Lipinski definition) is 9. The van der Waals surface area contributed by atoms with Gasteiger partial charge in [-0.3, -0.25) is 0 Å². The van der Waals surface area contributed by atoms with Crippen LogP contribution in [0, 0.1) is 10.9 Å². The molecule has 0 saturated carbocycles. The average Bonchev–Trinajstić information content (AvgIpc) is 3.23. The second-order valence-corrected chi connectivity index (χ2v) is 7.13. The normalized spacial score (nSPS) is 14.8. The SMILES string of the molecule is CN1CCN(c2c(F)nc(/C=C/c3ccc(N=O)o3)nc2Nc2ccc(O)cc2)CC1. The van der Waals surface area contributed by atoms with Crippen molar-refractivity contribution >= 4 is 35.2 Å². The van der Waals surface area contributed by atoms with Gasteiger partial charge in [0.05, 0.1) is 0 Å². The molecule has 0 radical (unpaired) electrons. The number of phenolic OH excluding ortho intramolecular Hbond substituents is 1. The molecule has 0 amide bonds. The molecule has 0 atom stereocenters. The first-order chi connectivity index (χ1) is 15.0. The van der Waals surface area contributed by atoms with E-state index in [0.717, 1.165) is 13.1 Å². The zero-order valence-corrected chi connectivity index (χ0v) is 16.8. The predicted octanol–water partition coefficient (Wildman–Crippen LogP) is 3.98. The van der Waals surface area contributed by atoms with E-state index in [1.807, 2.05) is 11.9 Å². The fraction of sp³-hybridized carbons (Fsp3) is 0.238. The van der Waals surface area contributed by atoms with Crippen LogP contribution in [0.3, 0.4) is 0 Å². The molecule has 0 spiro atoms. The first-order valence-corrected chi connectivity index (χ1v) is 9.70. The molecule has 0 aliphatic carbocycles. The molecule has 2 aromatic heterocycles.